The Morgan fingerprint density at radius 2 is 1.86 bits per heavy atom. The van der Waals surface area contributed by atoms with Crippen molar-refractivity contribution < 1.29 is 5.11 Å². The number of aliphatic hydroxyl groups excluding tert-OH is 1. The largest absolute Gasteiger partial charge is 0.393 e. The second kappa shape index (κ2) is 1.03. The lowest BCUT2D eigenvalue weighted by molar-refractivity contribution is 0.254. The minimum atomic E-state index is 0.104. The molecular formula is C6H10O. The van der Waals surface area contributed by atoms with E-state index in [1.807, 2.05) is 0 Å². The van der Waals surface area contributed by atoms with Gasteiger partial charge in [-0.05, 0) is 31.1 Å². The lowest BCUT2D eigenvalue weighted by atomic mass is 10.3. The van der Waals surface area contributed by atoms with E-state index in [1.54, 1.807) is 0 Å². The van der Waals surface area contributed by atoms with Crippen LogP contribution >= 0.6 is 0 Å². The molecule has 0 aromatic rings. The zero-order chi connectivity index (χ0) is 4.85. The molecule has 2 unspecified atom stereocenters. The molecule has 0 amide bonds. The molecule has 0 aliphatic heterocycles. The first-order valence-corrected chi connectivity index (χ1v) is 3.06. The normalized spacial score (nSPS) is 49.3. The predicted octanol–water partition coefficient (Wildman–Crippen LogP) is 0.777. The van der Waals surface area contributed by atoms with E-state index in [2.05, 4.69) is 0 Å². The fourth-order valence-corrected chi connectivity index (χ4v) is 1.23. The van der Waals surface area contributed by atoms with E-state index in [0.29, 0.717) is 0 Å². The molecule has 1 N–H and O–H groups in total. The maximum atomic E-state index is 8.84. The fraction of sp³-hybridized carbons (Fsp3) is 1.00. The van der Waals surface area contributed by atoms with Gasteiger partial charge in [-0.25, -0.2) is 0 Å². The van der Waals surface area contributed by atoms with Gasteiger partial charge in [0.2, 0.25) is 0 Å². The fourth-order valence-electron chi connectivity index (χ4n) is 1.23. The molecule has 0 spiro atoms. The highest BCUT2D eigenvalue weighted by molar-refractivity contribution is 4.96. The summed E-state index contributed by atoms with van der Waals surface area (Å²) in [5, 5.41) is 8.84. The summed E-state index contributed by atoms with van der Waals surface area (Å²) in [6.45, 7) is 0. The Labute approximate surface area is 43.3 Å². The summed E-state index contributed by atoms with van der Waals surface area (Å²) in [5.74, 6) is 1.68. The molecule has 0 saturated heterocycles. The molecule has 0 heterocycles. The van der Waals surface area contributed by atoms with Gasteiger partial charge in [0.1, 0.15) is 0 Å². The molecule has 2 atom stereocenters. The quantitative estimate of drug-likeness (QED) is 0.513. The number of aliphatic hydroxyl groups is 1. The third-order valence-electron chi connectivity index (χ3n) is 2.03. The van der Waals surface area contributed by atoms with Crippen LogP contribution in [0, 0.1) is 11.8 Å². The standard InChI is InChI=1S/C6H10O/c7-6-3-5(6)4-1-2-4/h4-7H,1-3H2. The molecule has 2 fully saturated rings. The van der Waals surface area contributed by atoms with E-state index in [1.165, 1.54) is 12.8 Å². The van der Waals surface area contributed by atoms with E-state index in [9.17, 15) is 0 Å². The van der Waals surface area contributed by atoms with Gasteiger partial charge < -0.3 is 5.11 Å². The van der Waals surface area contributed by atoms with Crippen LogP contribution in [0.5, 0.6) is 0 Å². The van der Waals surface area contributed by atoms with Crippen LogP contribution in [-0.2, 0) is 0 Å². The zero-order valence-corrected chi connectivity index (χ0v) is 4.30. The molecule has 1 nitrogen and oxygen atoms in total. The van der Waals surface area contributed by atoms with Gasteiger partial charge in [-0.1, -0.05) is 0 Å². The topological polar surface area (TPSA) is 20.2 Å². The van der Waals surface area contributed by atoms with Crippen molar-refractivity contribution in [3.05, 3.63) is 0 Å². The van der Waals surface area contributed by atoms with Gasteiger partial charge >= 0.3 is 0 Å². The van der Waals surface area contributed by atoms with E-state index in [-0.39, 0.29) is 6.10 Å². The molecule has 2 saturated carbocycles. The molecule has 0 aromatic heterocycles. The molecule has 1 heteroatoms. The number of hydrogen-bond donors (Lipinski definition) is 1. The van der Waals surface area contributed by atoms with Gasteiger partial charge in [-0.15, -0.1) is 0 Å². The molecule has 2 aliphatic carbocycles. The van der Waals surface area contributed by atoms with Gasteiger partial charge in [0.15, 0.2) is 0 Å². The van der Waals surface area contributed by atoms with Gasteiger partial charge in [-0.3, -0.25) is 0 Å². The van der Waals surface area contributed by atoms with Gasteiger partial charge in [0.25, 0.3) is 0 Å². The Kier molecular flexibility index (Phi) is 0.571. The Morgan fingerprint density at radius 1 is 1.29 bits per heavy atom. The summed E-state index contributed by atoms with van der Waals surface area (Å²) in [4.78, 5) is 0. The van der Waals surface area contributed by atoms with E-state index in [0.717, 1.165) is 18.3 Å². The summed E-state index contributed by atoms with van der Waals surface area (Å²) in [5.41, 5.74) is 0. The predicted molar refractivity (Wildman–Crippen MR) is 26.8 cm³/mol. The molecule has 0 aromatic carbocycles. The van der Waals surface area contributed by atoms with Crippen LogP contribution < -0.4 is 0 Å². The second-order valence-corrected chi connectivity index (χ2v) is 2.80. The van der Waals surface area contributed by atoms with Crippen molar-refractivity contribution in [3.8, 4) is 0 Å². The SMILES string of the molecule is OC1CC1C1CC1. The maximum absolute atomic E-state index is 8.84. The van der Waals surface area contributed by atoms with E-state index in [4.69, 9.17) is 5.11 Å². The van der Waals surface area contributed by atoms with Gasteiger partial charge in [0.05, 0.1) is 6.10 Å². The van der Waals surface area contributed by atoms with Gasteiger partial charge in [-0.2, -0.15) is 0 Å². The van der Waals surface area contributed by atoms with Crippen molar-refractivity contribution in [3.63, 3.8) is 0 Å². The molecule has 0 radical (unpaired) electrons. The van der Waals surface area contributed by atoms with Crippen LogP contribution in [0.2, 0.25) is 0 Å². The highest BCUT2D eigenvalue weighted by Gasteiger charge is 2.46. The van der Waals surface area contributed by atoms with E-state index < -0.39 is 0 Å². The van der Waals surface area contributed by atoms with Crippen molar-refractivity contribution in [2.75, 3.05) is 0 Å². The molecule has 2 rings (SSSR count). The minimum absolute atomic E-state index is 0.104. The van der Waals surface area contributed by atoms with Crippen molar-refractivity contribution in [1.29, 1.82) is 0 Å². The maximum Gasteiger partial charge on any atom is 0.0575 e. The van der Waals surface area contributed by atoms with Crippen LogP contribution in [-0.4, -0.2) is 11.2 Å². The number of hydrogen-bond acceptors (Lipinski definition) is 1. The Bertz CT molecular complexity index is 86.2. The van der Waals surface area contributed by atoms with Crippen LogP contribution in [0.4, 0.5) is 0 Å². The van der Waals surface area contributed by atoms with Crippen molar-refractivity contribution in [1.82, 2.24) is 0 Å². The lowest BCUT2D eigenvalue weighted by Crippen LogP contribution is -1.85. The Hall–Kier alpha value is -0.0400. The Balaban J connectivity index is 1.88. The highest BCUT2D eigenvalue weighted by Crippen LogP contribution is 2.49. The summed E-state index contributed by atoms with van der Waals surface area (Å²) in [6, 6.07) is 0. The van der Waals surface area contributed by atoms with E-state index >= 15 is 0 Å². The number of rotatable bonds is 1. The first-order valence-electron chi connectivity index (χ1n) is 3.06. The highest BCUT2D eigenvalue weighted by atomic mass is 16.3. The summed E-state index contributed by atoms with van der Waals surface area (Å²) < 4.78 is 0. The first kappa shape index (κ1) is 3.90. The third kappa shape index (κ3) is 0.556. The summed E-state index contributed by atoms with van der Waals surface area (Å²) in [7, 11) is 0. The van der Waals surface area contributed by atoms with Crippen molar-refractivity contribution >= 4 is 0 Å². The summed E-state index contributed by atoms with van der Waals surface area (Å²) in [6.07, 6.45) is 3.99. The van der Waals surface area contributed by atoms with Crippen LogP contribution in [0.15, 0.2) is 0 Å². The first-order chi connectivity index (χ1) is 3.38. The van der Waals surface area contributed by atoms with Crippen LogP contribution in [0.25, 0.3) is 0 Å². The second-order valence-electron chi connectivity index (χ2n) is 2.80. The molecule has 0 bridgehead atoms. The zero-order valence-electron chi connectivity index (χ0n) is 4.30. The lowest BCUT2D eigenvalue weighted by Gasteiger charge is -1.82. The average Bonchev–Trinajstić information content (AvgIpc) is 2.23. The molecular weight excluding hydrogens is 88.1 g/mol. The van der Waals surface area contributed by atoms with Crippen LogP contribution in [0.3, 0.4) is 0 Å². The smallest absolute Gasteiger partial charge is 0.0575 e. The van der Waals surface area contributed by atoms with Crippen molar-refractivity contribution in [2.45, 2.75) is 25.4 Å². The summed E-state index contributed by atoms with van der Waals surface area (Å²) >= 11 is 0. The minimum Gasteiger partial charge on any atom is -0.393 e. The molecule has 40 valence electrons. The third-order valence-corrected chi connectivity index (χ3v) is 2.03. The van der Waals surface area contributed by atoms with Crippen molar-refractivity contribution in [2.24, 2.45) is 11.8 Å². The Morgan fingerprint density at radius 3 is 2.00 bits per heavy atom. The average molecular weight is 98.1 g/mol. The van der Waals surface area contributed by atoms with Gasteiger partial charge in [0, 0.05) is 0 Å². The molecule has 2 aliphatic rings. The molecule has 7 heavy (non-hydrogen) atoms. The van der Waals surface area contributed by atoms with Crippen LogP contribution in [0.1, 0.15) is 19.3 Å². The monoisotopic (exact) mass is 98.1 g/mol.